The van der Waals surface area contributed by atoms with Gasteiger partial charge in [-0.15, -0.1) is 0 Å². The van der Waals surface area contributed by atoms with E-state index in [1.54, 1.807) is 35.1 Å². The Hall–Kier alpha value is -3.41. The van der Waals surface area contributed by atoms with Crippen LogP contribution < -0.4 is 10.0 Å². The molecule has 0 saturated carbocycles. The van der Waals surface area contributed by atoms with Crippen LogP contribution in [0.2, 0.25) is 0 Å². The molecule has 0 spiro atoms. The molecule has 0 unspecified atom stereocenters. The molecule has 12 heteroatoms. The van der Waals surface area contributed by atoms with Crippen LogP contribution in [0.4, 0.5) is 11.6 Å². The molecule has 1 amide bonds. The van der Waals surface area contributed by atoms with Crippen LogP contribution in [-0.2, 0) is 10.0 Å². The van der Waals surface area contributed by atoms with E-state index in [0.717, 1.165) is 17.6 Å². The zero-order valence-electron chi connectivity index (χ0n) is 13.2. The first-order valence-electron chi connectivity index (χ1n) is 7.30. The Labute approximate surface area is 146 Å². The normalized spacial score (nSPS) is 11.4. The van der Waals surface area contributed by atoms with Crippen molar-refractivity contribution < 1.29 is 22.6 Å². The minimum atomic E-state index is -3.71. The number of fused-ring (bicyclic) bond motifs is 1. The molecule has 0 radical (unpaired) electrons. The summed E-state index contributed by atoms with van der Waals surface area (Å²) in [6.45, 7) is -0.197. The third-order valence-corrected chi connectivity index (χ3v) is 4.61. The average Bonchev–Trinajstić information content (AvgIpc) is 3.23. The van der Waals surface area contributed by atoms with Crippen LogP contribution in [0.3, 0.4) is 0 Å². The summed E-state index contributed by atoms with van der Waals surface area (Å²) in [5, 5.41) is 16.8. The van der Waals surface area contributed by atoms with E-state index in [4.69, 9.17) is 4.42 Å². The Morgan fingerprint density at radius 1 is 1.31 bits per heavy atom. The zero-order chi connectivity index (χ0) is 18.7. The first kappa shape index (κ1) is 17.4. The molecule has 0 bridgehead atoms. The second-order valence-corrected chi connectivity index (χ2v) is 7.03. The largest absolute Gasteiger partial charge is 0.433 e. The lowest BCUT2D eigenvalue weighted by molar-refractivity contribution is -0.402. The molecule has 136 valence electrons. The quantitative estimate of drug-likeness (QED) is 0.459. The van der Waals surface area contributed by atoms with Crippen LogP contribution in [0.25, 0.3) is 5.52 Å². The lowest BCUT2D eigenvalue weighted by Crippen LogP contribution is -2.31. The molecule has 0 aromatic carbocycles. The zero-order valence-corrected chi connectivity index (χ0v) is 14.0. The second kappa shape index (κ2) is 6.84. The maximum Gasteiger partial charge on any atom is 0.433 e. The molecule has 3 rings (SSSR count). The Bertz CT molecular complexity index is 1070. The van der Waals surface area contributed by atoms with Crippen molar-refractivity contribution in [1.82, 2.24) is 14.9 Å². The molecule has 0 aliphatic carbocycles. The van der Waals surface area contributed by atoms with Gasteiger partial charge in [0.1, 0.15) is 4.92 Å². The highest BCUT2D eigenvalue weighted by molar-refractivity contribution is 7.92. The Morgan fingerprint density at radius 3 is 2.85 bits per heavy atom. The van der Waals surface area contributed by atoms with Gasteiger partial charge >= 0.3 is 5.88 Å². The minimum Gasteiger partial charge on any atom is -0.395 e. The summed E-state index contributed by atoms with van der Waals surface area (Å²) in [6.07, 6.45) is 3.20. The summed E-state index contributed by atoms with van der Waals surface area (Å²) in [5.41, 5.74) is 1.09. The number of rotatable bonds is 7. The fourth-order valence-corrected chi connectivity index (χ4v) is 3.11. The highest BCUT2D eigenvalue weighted by Crippen LogP contribution is 2.15. The summed E-state index contributed by atoms with van der Waals surface area (Å²) < 4.78 is 32.9. The van der Waals surface area contributed by atoms with Crippen molar-refractivity contribution in [1.29, 1.82) is 0 Å². The van der Waals surface area contributed by atoms with Gasteiger partial charge in [-0.2, -0.15) is 5.10 Å². The molecule has 0 saturated heterocycles. The summed E-state index contributed by atoms with van der Waals surface area (Å²) in [4.78, 5) is 21.5. The predicted octanol–water partition coefficient (Wildman–Crippen LogP) is 1.01. The lowest BCUT2D eigenvalue weighted by Gasteiger charge is -2.08. The molecule has 0 fully saturated rings. The van der Waals surface area contributed by atoms with Crippen molar-refractivity contribution in [2.24, 2.45) is 0 Å². The van der Waals surface area contributed by atoms with Crippen molar-refractivity contribution in [3.63, 3.8) is 0 Å². The smallest absolute Gasteiger partial charge is 0.395 e. The van der Waals surface area contributed by atoms with E-state index in [0.29, 0.717) is 5.69 Å². The molecule has 26 heavy (non-hydrogen) atoms. The summed E-state index contributed by atoms with van der Waals surface area (Å²) in [5.74, 6) is -1.96. The Kier molecular flexibility index (Phi) is 4.58. The summed E-state index contributed by atoms with van der Waals surface area (Å²) in [7, 11) is -3.71. The fraction of sp³-hybridized carbons (Fsp3) is 0.143. The molecule has 0 aliphatic heterocycles. The maximum absolute atomic E-state index is 12.1. The van der Waals surface area contributed by atoms with Gasteiger partial charge in [-0.25, -0.2) is 12.9 Å². The van der Waals surface area contributed by atoms with E-state index < -0.39 is 26.7 Å². The van der Waals surface area contributed by atoms with Crippen molar-refractivity contribution in [3.8, 4) is 0 Å². The Balaban J connectivity index is 1.55. The number of carbonyl (C=O) groups excluding carboxylic acids is 1. The first-order chi connectivity index (χ1) is 12.3. The maximum atomic E-state index is 12.1. The van der Waals surface area contributed by atoms with Crippen LogP contribution >= 0.6 is 0 Å². The van der Waals surface area contributed by atoms with Crippen LogP contribution in [-0.4, -0.2) is 41.2 Å². The number of amides is 1. The van der Waals surface area contributed by atoms with Gasteiger partial charge in [-0.3, -0.25) is 19.6 Å². The molecular formula is C14H13N5O6S. The average molecular weight is 379 g/mol. The van der Waals surface area contributed by atoms with Crippen molar-refractivity contribution in [3.05, 3.63) is 58.6 Å². The van der Waals surface area contributed by atoms with Crippen LogP contribution in [0, 0.1) is 10.1 Å². The predicted molar refractivity (Wildman–Crippen MR) is 90.3 cm³/mol. The van der Waals surface area contributed by atoms with E-state index in [1.807, 2.05) is 0 Å². The molecule has 3 heterocycles. The third-order valence-electron chi connectivity index (χ3n) is 3.32. The van der Waals surface area contributed by atoms with Gasteiger partial charge in [-0.1, -0.05) is 0 Å². The summed E-state index contributed by atoms with van der Waals surface area (Å²) >= 11 is 0. The van der Waals surface area contributed by atoms with Gasteiger partial charge in [0.05, 0.1) is 23.0 Å². The van der Waals surface area contributed by atoms with E-state index in [1.165, 1.54) is 0 Å². The van der Waals surface area contributed by atoms with Gasteiger partial charge in [0.2, 0.25) is 10.0 Å². The molecule has 0 aliphatic rings. The van der Waals surface area contributed by atoms with Crippen molar-refractivity contribution >= 4 is 33.0 Å². The number of aromatic nitrogens is 2. The van der Waals surface area contributed by atoms with Gasteiger partial charge in [0, 0.05) is 18.9 Å². The van der Waals surface area contributed by atoms with E-state index in [9.17, 15) is 23.3 Å². The number of nitrogens with zero attached hydrogens (tertiary/aromatic N) is 3. The van der Waals surface area contributed by atoms with Crippen molar-refractivity contribution in [2.75, 3.05) is 17.0 Å². The van der Waals surface area contributed by atoms with Gasteiger partial charge in [0.25, 0.3) is 5.91 Å². The lowest BCUT2D eigenvalue weighted by atomic mass is 10.4. The monoisotopic (exact) mass is 379 g/mol. The van der Waals surface area contributed by atoms with E-state index in [-0.39, 0.29) is 18.1 Å². The minimum absolute atomic E-state index is 0.197. The topological polar surface area (TPSA) is 149 Å². The molecule has 3 aromatic rings. The van der Waals surface area contributed by atoms with Gasteiger partial charge in [0.15, 0.2) is 5.76 Å². The highest BCUT2D eigenvalue weighted by atomic mass is 32.2. The number of hydrogen-bond donors (Lipinski definition) is 2. The van der Waals surface area contributed by atoms with E-state index in [2.05, 4.69) is 15.1 Å². The SMILES string of the molecule is O=C(NCCS(=O)(=O)Nc1ccn2nccc2c1)c1ccc([N+](=O)[O-])o1. The third kappa shape index (κ3) is 3.97. The van der Waals surface area contributed by atoms with Crippen LogP contribution in [0.5, 0.6) is 0 Å². The van der Waals surface area contributed by atoms with Crippen LogP contribution in [0.15, 0.2) is 47.1 Å². The van der Waals surface area contributed by atoms with Gasteiger partial charge in [-0.05, 0) is 24.3 Å². The highest BCUT2D eigenvalue weighted by Gasteiger charge is 2.18. The second-order valence-electron chi connectivity index (χ2n) is 5.19. The number of nitro groups is 1. The van der Waals surface area contributed by atoms with Gasteiger partial charge < -0.3 is 9.73 Å². The number of nitrogens with one attached hydrogen (secondary N) is 2. The first-order valence-corrected chi connectivity index (χ1v) is 8.96. The number of hydrogen-bond acceptors (Lipinski definition) is 7. The molecule has 3 aromatic heterocycles. The molecular weight excluding hydrogens is 366 g/mol. The number of pyridine rings is 1. The van der Waals surface area contributed by atoms with E-state index >= 15 is 0 Å². The Morgan fingerprint density at radius 2 is 2.12 bits per heavy atom. The number of anilines is 1. The number of furan rings is 1. The summed E-state index contributed by atoms with van der Waals surface area (Å²) in [6, 6.07) is 7.07. The molecule has 11 nitrogen and oxygen atoms in total. The van der Waals surface area contributed by atoms with Crippen molar-refractivity contribution in [2.45, 2.75) is 0 Å². The van der Waals surface area contributed by atoms with Crippen LogP contribution in [0.1, 0.15) is 10.6 Å². The molecule has 2 N–H and O–H groups in total. The fourth-order valence-electron chi connectivity index (χ4n) is 2.15. The number of sulfonamides is 1. The standard InChI is InChI=1S/C14H13N5O6S/c20-14(12-1-2-13(25-12)19(21)22)15-6-8-26(23,24)17-10-4-7-18-11(9-10)3-5-16-18/h1-5,7,9,17H,6,8H2,(H,15,20). The molecule has 0 atom stereocenters. The number of carbonyl (C=O) groups is 1.